The predicted molar refractivity (Wildman–Crippen MR) is 150 cm³/mol. The van der Waals surface area contributed by atoms with Crippen molar-refractivity contribution in [2.45, 2.75) is 90.0 Å². The first-order valence-electron chi connectivity index (χ1n) is 12.6. The first kappa shape index (κ1) is 27.9. The van der Waals surface area contributed by atoms with Crippen molar-refractivity contribution in [1.82, 2.24) is 9.55 Å². The molecule has 0 amide bonds. The average Bonchev–Trinajstić information content (AvgIpc) is 3.08. The molecule has 0 unspecified atom stereocenters. The van der Waals surface area contributed by atoms with E-state index in [4.69, 9.17) is 4.74 Å². The largest absolute Gasteiger partial charge is 0.487 e. The van der Waals surface area contributed by atoms with Gasteiger partial charge >= 0.3 is 5.97 Å². The maximum atomic E-state index is 12.2. The van der Waals surface area contributed by atoms with Gasteiger partial charge in [-0.1, -0.05) is 45.9 Å². The van der Waals surface area contributed by atoms with E-state index in [1.165, 1.54) is 0 Å². The van der Waals surface area contributed by atoms with Crippen LogP contribution in [-0.2, 0) is 23.4 Å². The van der Waals surface area contributed by atoms with Crippen molar-refractivity contribution < 1.29 is 14.6 Å². The van der Waals surface area contributed by atoms with Crippen molar-refractivity contribution in [3.63, 3.8) is 0 Å². The Hall–Kier alpha value is -2.73. The van der Waals surface area contributed by atoms with E-state index >= 15 is 0 Å². The normalized spacial score (nSPS) is 13.0. The second kappa shape index (κ2) is 10.7. The Morgan fingerprint density at radius 1 is 1.11 bits per heavy atom. The fourth-order valence-corrected chi connectivity index (χ4v) is 5.40. The number of carboxylic acids is 1. The smallest absolute Gasteiger partial charge is 0.309 e. The number of nitrogens with zero attached hydrogens (tertiary/aromatic N) is 2. The number of ether oxygens (including phenoxy) is 1. The van der Waals surface area contributed by atoms with Gasteiger partial charge in [0.25, 0.3) is 0 Å². The topological polar surface area (TPSA) is 64.4 Å². The van der Waals surface area contributed by atoms with E-state index in [9.17, 15) is 9.90 Å². The lowest BCUT2D eigenvalue weighted by Crippen LogP contribution is -2.31. The Kier molecular flexibility index (Phi) is 8.29. The zero-order valence-electron chi connectivity index (χ0n) is 22.9. The number of carboxylic acid groups (broad SMARTS) is 1. The molecule has 36 heavy (non-hydrogen) atoms. The van der Waals surface area contributed by atoms with Crippen LogP contribution in [0.1, 0.15) is 73.2 Å². The molecule has 1 aromatic carbocycles. The zero-order valence-corrected chi connectivity index (χ0v) is 23.7. The molecule has 0 fully saturated rings. The quantitative estimate of drug-likeness (QED) is 0.223. The molecule has 0 atom stereocenters. The number of rotatable bonds is 10. The molecule has 0 saturated carbocycles. The third kappa shape index (κ3) is 6.52. The van der Waals surface area contributed by atoms with Crippen molar-refractivity contribution in [2.24, 2.45) is 5.41 Å². The number of carbonyl (C=O) groups is 1. The lowest BCUT2D eigenvalue weighted by molar-refractivity contribution is -0.146. The maximum absolute atomic E-state index is 12.2. The van der Waals surface area contributed by atoms with Crippen LogP contribution in [0.4, 0.5) is 0 Å². The van der Waals surface area contributed by atoms with Gasteiger partial charge in [0.15, 0.2) is 0 Å². The molecule has 2 aromatic heterocycles. The van der Waals surface area contributed by atoms with Crippen molar-refractivity contribution >= 4 is 28.6 Å². The average molecular weight is 509 g/mol. The summed E-state index contributed by atoms with van der Waals surface area (Å²) >= 11 is 1.79. The molecule has 194 valence electrons. The second-order valence-corrected chi connectivity index (χ2v) is 13.3. The third-order valence-electron chi connectivity index (χ3n) is 6.03. The molecule has 0 aliphatic heterocycles. The Balaban J connectivity index is 2.24. The van der Waals surface area contributed by atoms with Crippen molar-refractivity contribution in [1.29, 1.82) is 0 Å². The summed E-state index contributed by atoms with van der Waals surface area (Å²) in [6.45, 7) is 17.1. The lowest BCUT2D eigenvalue weighted by atomic mass is 9.87. The van der Waals surface area contributed by atoms with E-state index in [1.807, 2.05) is 24.3 Å². The van der Waals surface area contributed by atoms with Crippen LogP contribution in [0.15, 0.2) is 59.6 Å². The first-order valence-corrected chi connectivity index (χ1v) is 13.4. The van der Waals surface area contributed by atoms with E-state index in [0.717, 1.165) is 39.4 Å². The minimum Gasteiger partial charge on any atom is -0.487 e. The summed E-state index contributed by atoms with van der Waals surface area (Å²) in [5.74, 6) is -0.0284. The Morgan fingerprint density at radius 2 is 1.83 bits per heavy atom. The highest BCUT2D eigenvalue weighted by molar-refractivity contribution is 8.00. The highest BCUT2D eigenvalue weighted by Gasteiger charge is 2.35. The van der Waals surface area contributed by atoms with Gasteiger partial charge in [-0.25, -0.2) is 0 Å². The molecule has 2 heterocycles. The number of benzene rings is 1. The number of hydrogen-bond acceptors (Lipinski definition) is 4. The molecule has 0 bridgehead atoms. The third-order valence-corrected chi connectivity index (χ3v) is 7.30. The van der Waals surface area contributed by atoms with Gasteiger partial charge in [0.2, 0.25) is 0 Å². The van der Waals surface area contributed by atoms with Gasteiger partial charge in [0.05, 0.1) is 22.2 Å². The summed E-state index contributed by atoms with van der Waals surface area (Å²) in [6.07, 6.45) is 7.53. The summed E-state index contributed by atoms with van der Waals surface area (Å²) in [6, 6.07) is 12.0. The monoisotopic (exact) mass is 508 g/mol. The van der Waals surface area contributed by atoms with E-state index in [1.54, 1.807) is 31.8 Å². The van der Waals surface area contributed by atoms with E-state index in [2.05, 4.69) is 75.4 Å². The molecule has 0 radical (unpaired) electrons. The van der Waals surface area contributed by atoms with Crippen LogP contribution < -0.4 is 4.74 Å². The van der Waals surface area contributed by atoms with Crippen LogP contribution in [0.5, 0.6) is 5.75 Å². The fraction of sp³-hybridized carbons (Fsp3) is 0.467. The van der Waals surface area contributed by atoms with Gasteiger partial charge in [0, 0.05) is 33.3 Å². The number of aliphatic carboxylic acids is 1. The van der Waals surface area contributed by atoms with Crippen LogP contribution >= 0.6 is 11.8 Å². The maximum Gasteiger partial charge on any atom is 0.309 e. The molecule has 5 nitrogen and oxygen atoms in total. The summed E-state index contributed by atoms with van der Waals surface area (Å²) in [7, 11) is 0. The highest BCUT2D eigenvalue weighted by atomic mass is 32.2. The van der Waals surface area contributed by atoms with E-state index in [0.29, 0.717) is 13.0 Å². The molecular weight excluding hydrogens is 468 g/mol. The molecule has 6 heteroatoms. The zero-order chi connectivity index (χ0) is 26.7. The van der Waals surface area contributed by atoms with Gasteiger partial charge in [-0.15, -0.1) is 11.8 Å². The van der Waals surface area contributed by atoms with Gasteiger partial charge < -0.3 is 14.4 Å². The molecule has 0 aliphatic rings. The van der Waals surface area contributed by atoms with Crippen LogP contribution in [-0.4, -0.2) is 25.4 Å². The Bertz CT molecular complexity index is 1230. The van der Waals surface area contributed by atoms with Gasteiger partial charge in [-0.2, -0.15) is 0 Å². The number of aromatic nitrogens is 2. The number of fused-ring (bicyclic) bond motifs is 1. The molecule has 0 saturated heterocycles. The lowest BCUT2D eigenvalue weighted by Gasteiger charge is -2.31. The molecule has 3 aromatic rings. The first-order chi connectivity index (χ1) is 16.7. The van der Waals surface area contributed by atoms with Gasteiger partial charge in [-0.3, -0.25) is 9.78 Å². The van der Waals surface area contributed by atoms with Crippen molar-refractivity contribution in [2.75, 3.05) is 0 Å². The molecule has 0 spiro atoms. The fourth-order valence-electron chi connectivity index (χ4n) is 4.24. The molecule has 3 rings (SSSR count). The summed E-state index contributed by atoms with van der Waals surface area (Å²) < 4.78 is 8.40. The summed E-state index contributed by atoms with van der Waals surface area (Å²) in [5, 5.41) is 11.1. The standard InChI is InChI=1S/C30H40N2O3S/c1-9-10-16-30(7,8)32-24-15-14-22(35-20-21-13-11-12-17-31-21)18-23(24)26(36-28(2,3)4)25(32)19-29(5,6)27(33)34/h10-18H,9,19-20H2,1-8H3,(H,33,34)/b16-10-. The number of hydrogen-bond donors (Lipinski definition) is 1. The molecule has 0 aliphatic carbocycles. The van der Waals surface area contributed by atoms with Gasteiger partial charge in [-0.05, 0) is 64.4 Å². The van der Waals surface area contributed by atoms with Crippen LogP contribution in [0.25, 0.3) is 10.9 Å². The molecular formula is C30H40N2O3S. The highest BCUT2D eigenvalue weighted by Crippen LogP contribution is 2.46. The molecule has 1 N–H and O–H groups in total. The SMILES string of the molecule is CC/C=C\C(C)(C)n1c(CC(C)(C)C(=O)O)c(SC(C)(C)C)c2cc(OCc3ccccn3)ccc21. The number of pyridine rings is 1. The van der Waals surface area contributed by atoms with Crippen molar-refractivity contribution in [3.8, 4) is 5.75 Å². The predicted octanol–water partition coefficient (Wildman–Crippen LogP) is 7.86. The van der Waals surface area contributed by atoms with E-state index < -0.39 is 11.4 Å². The van der Waals surface area contributed by atoms with E-state index in [-0.39, 0.29) is 10.3 Å². The van der Waals surface area contributed by atoms with Gasteiger partial charge in [0.1, 0.15) is 12.4 Å². The number of thioether (sulfide) groups is 1. The van der Waals surface area contributed by atoms with Crippen LogP contribution in [0, 0.1) is 5.41 Å². The minimum absolute atomic E-state index is 0.0601. The minimum atomic E-state index is -0.915. The Morgan fingerprint density at radius 3 is 2.42 bits per heavy atom. The summed E-state index contributed by atoms with van der Waals surface area (Å²) in [4.78, 5) is 17.7. The van der Waals surface area contributed by atoms with Crippen LogP contribution in [0.3, 0.4) is 0 Å². The second-order valence-electron chi connectivity index (χ2n) is 11.4. The number of allylic oxidation sites excluding steroid dienone is 2. The summed E-state index contributed by atoms with van der Waals surface area (Å²) in [5.41, 5.74) is 1.74. The van der Waals surface area contributed by atoms with Crippen LogP contribution in [0.2, 0.25) is 0 Å². The Labute approximate surface area is 220 Å². The van der Waals surface area contributed by atoms with Crippen molar-refractivity contribution in [3.05, 3.63) is 66.1 Å².